The van der Waals surface area contributed by atoms with Crippen molar-refractivity contribution in [1.82, 2.24) is 0 Å². The Kier molecular flexibility index (Phi) is 6.56. The van der Waals surface area contributed by atoms with E-state index in [-0.39, 0.29) is 12.5 Å². The average Bonchev–Trinajstić information content (AvgIpc) is 2.73. The van der Waals surface area contributed by atoms with Gasteiger partial charge in [-0.25, -0.2) is 0 Å². The molecule has 3 aromatic carbocycles. The van der Waals surface area contributed by atoms with Gasteiger partial charge in [-0.1, -0.05) is 36.7 Å². The molecule has 3 aromatic rings. The summed E-state index contributed by atoms with van der Waals surface area (Å²) in [6.07, 6.45) is 0.846. The van der Waals surface area contributed by atoms with Crippen molar-refractivity contribution in [2.75, 3.05) is 12.4 Å². The number of benzene rings is 3. The quantitative estimate of drug-likeness (QED) is 0.554. The van der Waals surface area contributed by atoms with Gasteiger partial charge in [-0.15, -0.1) is 0 Å². The predicted octanol–water partition coefficient (Wildman–Crippen LogP) is 5.74. The lowest BCUT2D eigenvalue weighted by Gasteiger charge is -2.13. The fourth-order valence-electron chi connectivity index (χ4n) is 2.87. The molecule has 0 saturated carbocycles. The number of hydrogen-bond acceptors (Lipinski definition) is 3. The molecule has 0 aliphatic carbocycles. The van der Waals surface area contributed by atoms with Crippen LogP contribution in [0.15, 0.2) is 66.7 Å². The van der Waals surface area contributed by atoms with Gasteiger partial charge in [-0.05, 0) is 60.5 Å². The molecule has 0 atom stereocenters. The Labute approximate surface area is 170 Å². The zero-order valence-electron chi connectivity index (χ0n) is 15.9. The molecule has 28 heavy (non-hydrogen) atoms. The SMILES string of the molecule is CCc1ccccc1NC(=O)c1ccc(OC)c(COc2ccc(Cl)cc2)c1. The molecule has 0 heterocycles. The Hall–Kier alpha value is -2.98. The smallest absolute Gasteiger partial charge is 0.255 e. The largest absolute Gasteiger partial charge is 0.496 e. The molecule has 0 fully saturated rings. The minimum absolute atomic E-state index is 0.170. The van der Waals surface area contributed by atoms with Gasteiger partial charge < -0.3 is 14.8 Å². The van der Waals surface area contributed by atoms with E-state index in [4.69, 9.17) is 21.1 Å². The van der Waals surface area contributed by atoms with E-state index in [0.29, 0.717) is 22.1 Å². The number of para-hydroxylation sites is 1. The van der Waals surface area contributed by atoms with Crippen molar-refractivity contribution in [1.29, 1.82) is 0 Å². The number of carbonyl (C=O) groups is 1. The maximum atomic E-state index is 12.7. The standard InChI is InChI=1S/C23H22ClNO3/c1-3-16-6-4-5-7-21(16)25-23(26)17-8-13-22(27-2)18(14-17)15-28-20-11-9-19(24)10-12-20/h4-14H,3,15H2,1-2H3,(H,25,26). The molecule has 0 saturated heterocycles. The second kappa shape index (κ2) is 9.29. The van der Waals surface area contributed by atoms with Gasteiger partial charge in [-0.3, -0.25) is 4.79 Å². The molecule has 0 aliphatic rings. The lowest BCUT2D eigenvalue weighted by atomic mass is 10.1. The minimum atomic E-state index is -0.170. The Bertz CT molecular complexity index is 954. The molecule has 0 spiro atoms. The number of methoxy groups -OCH3 is 1. The van der Waals surface area contributed by atoms with E-state index in [2.05, 4.69) is 12.2 Å². The van der Waals surface area contributed by atoms with E-state index in [1.54, 1.807) is 49.6 Å². The molecule has 3 rings (SSSR count). The normalized spacial score (nSPS) is 10.4. The molecule has 1 N–H and O–H groups in total. The van der Waals surface area contributed by atoms with E-state index in [9.17, 15) is 4.79 Å². The fraction of sp³-hybridized carbons (Fsp3) is 0.174. The first-order valence-corrected chi connectivity index (χ1v) is 9.43. The van der Waals surface area contributed by atoms with Crippen LogP contribution in [0, 0.1) is 0 Å². The number of anilines is 1. The lowest BCUT2D eigenvalue weighted by Crippen LogP contribution is -2.14. The van der Waals surface area contributed by atoms with E-state index >= 15 is 0 Å². The molecule has 0 aromatic heterocycles. The molecular formula is C23H22ClNO3. The van der Waals surface area contributed by atoms with Gasteiger partial charge in [0, 0.05) is 21.8 Å². The fourth-order valence-corrected chi connectivity index (χ4v) is 3.00. The highest BCUT2D eigenvalue weighted by molar-refractivity contribution is 6.30. The van der Waals surface area contributed by atoms with Gasteiger partial charge in [0.05, 0.1) is 7.11 Å². The molecule has 0 unspecified atom stereocenters. The Morgan fingerprint density at radius 2 is 1.75 bits per heavy atom. The Morgan fingerprint density at radius 3 is 2.46 bits per heavy atom. The third-order valence-corrected chi connectivity index (χ3v) is 4.65. The number of nitrogens with one attached hydrogen (secondary N) is 1. The highest BCUT2D eigenvalue weighted by atomic mass is 35.5. The van der Waals surface area contributed by atoms with Gasteiger partial charge in [0.1, 0.15) is 18.1 Å². The van der Waals surface area contributed by atoms with Crippen LogP contribution in [0.1, 0.15) is 28.4 Å². The zero-order valence-corrected chi connectivity index (χ0v) is 16.6. The van der Waals surface area contributed by atoms with Crippen molar-refractivity contribution in [3.8, 4) is 11.5 Å². The van der Waals surface area contributed by atoms with Crippen molar-refractivity contribution in [2.24, 2.45) is 0 Å². The monoisotopic (exact) mass is 395 g/mol. The molecule has 1 amide bonds. The maximum absolute atomic E-state index is 12.7. The predicted molar refractivity (Wildman–Crippen MR) is 113 cm³/mol. The number of hydrogen-bond donors (Lipinski definition) is 1. The van der Waals surface area contributed by atoms with Crippen LogP contribution >= 0.6 is 11.6 Å². The summed E-state index contributed by atoms with van der Waals surface area (Å²) < 4.78 is 11.2. The molecule has 4 nitrogen and oxygen atoms in total. The highest BCUT2D eigenvalue weighted by Crippen LogP contribution is 2.24. The first kappa shape index (κ1) is 19.8. The third kappa shape index (κ3) is 4.84. The van der Waals surface area contributed by atoms with E-state index < -0.39 is 0 Å². The summed E-state index contributed by atoms with van der Waals surface area (Å²) in [5.74, 6) is 1.19. The van der Waals surface area contributed by atoms with Crippen molar-refractivity contribution >= 4 is 23.2 Å². The molecule has 144 valence electrons. The zero-order chi connectivity index (χ0) is 19.9. The van der Waals surface area contributed by atoms with E-state index in [1.165, 1.54) is 0 Å². The van der Waals surface area contributed by atoms with Crippen LogP contribution in [0.2, 0.25) is 5.02 Å². The van der Waals surface area contributed by atoms with E-state index in [0.717, 1.165) is 23.2 Å². The first-order chi connectivity index (χ1) is 13.6. The molecule has 0 radical (unpaired) electrons. The van der Waals surface area contributed by atoms with Gasteiger partial charge in [-0.2, -0.15) is 0 Å². The number of ether oxygens (including phenoxy) is 2. The summed E-state index contributed by atoms with van der Waals surface area (Å²) in [5, 5.41) is 3.64. The molecule has 5 heteroatoms. The van der Waals surface area contributed by atoms with Gasteiger partial charge in [0.2, 0.25) is 0 Å². The number of carbonyl (C=O) groups excluding carboxylic acids is 1. The van der Waals surface area contributed by atoms with Crippen LogP contribution in [0.25, 0.3) is 0 Å². The first-order valence-electron chi connectivity index (χ1n) is 9.05. The summed E-state index contributed by atoms with van der Waals surface area (Å²) in [4.78, 5) is 12.7. The Balaban J connectivity index is 1.77. The molecular weight excluding hydrogens is 374 g/mol. The average molecular weight is 396 g/mol. The second-order valence-electron chi connectivity index (χ2n) is 6.23. The number of halogens is 1. The van der Waals surface area contributed by atoms with Crippen LogP contribution in [0.4, 0.5) is 5.69 Å². The summed E-state index contributed by atoms with van der Waals surface area (Å²) >= 11 is 5.90. The lowest BCUT2D eigenvalue weighted by molar-refractivity contribution is 0.102. The van der Waals surface area contributed by atoms with Crippen molar-refractivity contribution in [3.05, 3.63) is 88.4 Å². The summed E-state index contributed by atoms with van der Waals surface area (Å²) in [6.45, 7) is 2.34. The van der Waals surface area contributed by atoms with Crippen molar-refractivity contribution < 1.29 is 14.3 Å². The number of rotatable bonds is 7. The van der Waals surface area contributed by atoms with E-state index in [1.807, 2.05) is 24.3 Å². The van der Waals surface area contributed by atoms with Gasteiger partial charge >= 0.3 is 0 Å². The highest BCUT2D eigenvalue weighted by Gasteiger charge is 2.12. The van der Waals surface area contributed by atoms with Gasteiger partial charge in [0.15, 0.2) is 0 Å². The topological polar surface area (TPSA) is 47.6 Å². The van der Waals surface area contributed by atoms with Crippen LogP contribution in [-0.2, 0) is 13.0 Å². The van der Waals surface area contributed by atoms with Crippen molar-refractivity contribution in [2.45, 2.75) is 20.0 Å². The van der Waals surface area contributed by atoms with Crippen LogP contribution < -0.4 is 14.8 Å². The van der Waals surface area contributed by atoms with Gasteiger partial charge in [0.25, 0.3) is 5.91 Å². The number of aryl methyl sites for hydroxylation is 1. The van der Waals surface area contributed by atoms with Crippen molar-refractivity contribution in [3.63, 3.8) is 0 Å². The summed E-state index contributed by atoms with van der Waals surface area (Å²) in [6, 6.07) is 20.2. The number of amides is 1. The second-order valence-corrected chi connectivity index (χ2v) is 6.67. The van der Waals surface area contributed by atoms with Crippen LogP contribution in [-0.4, -0.2) is 13.0 Å². The third-order valence-electron chi connectivity index (χ3n) is 4.40. The maximum Gasteiger partial charge on any atom is 0.255 e. The van der Waals surface area contributed by atoms with Crippen LogP contribution in [0.3, 0.4) is 0 Å². The minimum Gasteiger partial charge on any atom is -0.496 e. The molecule has 0 bridgehead atoms. The summed E-state index contributed by atoms with van der Waals surface area (Å²) in [5.41, 5.74) is 3.25. The summed E-state index contributed by atoms with van der Waals surface area (Å²) in [7, 11) is 1.60. The van der Waals surface area contributed by atoms with Crippen LogP contribution in [0.5, 0.6) is 11.5 Å². The Morgan fingerprint density at radius 1 is 1.00 bits per heavy atom. The molecule has 0 aliphatic heterocycles.